The first kappa shape index (κ1) is 20.3. The highest BCUT2D eigenvalue weighted by atomic mass is 16.5. The number of carboxylic acids is 1. The molecule has 5 nitrogen and oxygen atoms in total. The third kappa shape index (κ3) is 5.51. The van der Waals surface area contributed by atoms with Gasteiger partial charge in [0.15, 0.2) is 0 Å². The Balaban J connectivity index is 1.65. The first-order chi connectivity index (χ1) is 14.0. The van der Waals surface area contributed by atoms with E-state index in [1.165, 1.54) is 0 Å². The van der Waals surface area contributed by atoms with Crippen molar-refractivity contribution in [2.45, 2.75) is 25.6 Å². The molecule has 1 unspecified atom stereocenters. The molecule has 29 heavy (non-hydrogen) atoms. The molecule has 0 spiro atoms. The minimum Gasteiger partial charge on any atom is -0.497 e. The van der Waals surface area contributed by atoms with Gasteiger partial charge in [0.1, 0.15) is 23.9 Å². The Morgan fingerprint density at radius 3 is 2.00 bits per heavy atom. The SMILES string of the molecule is COc1ccc(OC(C)(Cc2ccc(OCc3ccccc3)cc2)C(=O)O)cc1. The summed E-state index contributed by atoms with van der Waals surface area (Å²) in [6, 6.07) is 24.2. The molecular formula is C24H24O5. The van der Waals surface area contributed by atoms with Crippen molar-refractivity contribution in [2.75, 3.05) is 7.11 Å². The van der Waals surface area contributed by atoms with Gasteiger partial charge in [0.05, 0.1) is 7.11 Å². The zero-order chi connectivity index (χ0) is 20.7. The first-order valence-corrected chi connectivity index (χ1v) is 9.31. The summed E-state index contributed by atoms with van der Waals surface area (Å²) >= 11 is 0. The molecule has 150 valence electrons. The van der Waals surface area contributed by atoms with E-state index >= 15 is 0 Å². The van der Waals surface area contributed by atoms with Crippen molar-refractivity contribution >= 4 is 5.97 Å². The summed E-state index contributed by atoms with van der Waals surface area (Å²) in [4.78, 5) is 11.9. The lowest BCUT2D eigenvalue weighted by Crippen LogP contribution is -2.43. The zero-order valence-corrected chi connectivity index (χ0v) is 16.5. The van der Waals surface area contributed by atoms with Crippen molar-refractivity contribution in [1.29, 1.82) is 0 Å². The summed E-state index contributed by atoms with van der Waals surface area (Å²) in [6.45, 7) is 2.05. The summed E-state index contributed by atoms with van der Waals surface area (Å²) in [5.74, 6) is 0.849. The molecule has 3 rings (SSSR count). The molecular weight excluding hydrogens is 368 g/mol. The van der Waals surface area contributed by atoms with Gasteiger partial charge in [0.25, 0.3) is 0 Å². The van der Waals surface area contributed by atoms with Gasteiger partial charge in [-0.25, -0.2) is 4.79 Å². The van der Waals surface area contributed by atoms with Crippen LogP contribution in [0.2, 0.25) is 0 Å². The van der Waals surface area contributed by atoms with E-state index in [0.717, 1.165) is 16.9 Å². The van der Waals surface area contributed by atoms with Crippen molar-refractivity contribution in [3.63, 3.8) is 0 Å². The fourth-order valence-electron chi connectivity index (χ4n) is 2.89. The highest BCUT2D eigenvalue weighted by Gasteiger charge is 2.36. The molecule has 0 aliphatic heterocycles. The van der Waals surface area contributed by atoms with Gasteiger partial charge in [-0.3, -0.25) is 0 Å². The maximum Gasteiger partial charge on any atom is 0.348 e. The van der Waals surface area contributed by atoms with E-state index in [0.29, 0.717) is 18.1 Å². The lowest BCUT2D eigenvalue weighted by Gasteiger charge is -2.26. The maximum atomic E-state index is 11.9. The second-order valence-corrected chi connectivity index (χ2v) is 6.91. The summed E-state index contributed by atoms with van der Waals surface area (Å²) < 4.78 is 16.7. The Morgan fingerprint density at radius 1 is 0.828 bits per heavy atom. The Bertz CT molecular complexity index is 920. The van der Waals surface area contributed by atoms with Crippen LogP contribution in [-0.4, -0.2) is 23.8 Å². The molecule has 0 aliphatic carbocycles. The maximum absolute atomic E-state index is 11.9. The standard InChI is InChI=1S/C24H24O5/c1-24(23(25)26,29-22-14-12-20(27-2)13-15-22)16-18-8-10-21(11-9-18)28-17-19-6-4-3-5-7-19/h3-15H,16-17H2,1-2H3,(H,25,26). The minimum absolute atomic E-state index is 0.216. The van der Waals surface area contributed by atoms with Crippen molar-refractivity contribution < 1.29 is 24.1 Å². The van der Waals surface area contributed by atoms with Crippen LogP contribution in [0, 0.1) is 0 Å². The number of ether oxygens (including phenoxy) is 3. The van der Waals surface area contributed by atoms with E-state index in [9.17, 15) is 9.90 Å². The van der Waals surface area contributed by atoms with Crippen LogP contribution in [0.5, 0.6) is 17.2 Å². The monoisotopic (exact) mass is 392 g/mol. The summed E-state index contributed by atoms with van der Waals surface area (Å²) in [5, 5.41) is 9.75. The lowest BCUT2D eigenvalue weighted by molar-refractivity contribution is -0.153. The Labute approximate surface area is 170 Å². The van der Waals surface area contributed by atoms with E-state index in [4.69, 9.17) is 14.2 Å². The third-order valence-corrected chi connectivity index (χ3v) is 4.57. The summed E-state index contributed by atoms with van der Waals surface area (Å²) in [5.41, 5.74) is 0.527. The largest absolute Gasteiger partial charge is 0.497 e. The van der Waals surface area contributed by atoms with E-state index in [1.807, 2.05) is 54.6 Å². The van der Waals surface area contributed by atoms with Crippen LogP contribution in [-0.2, 0) is 17.8 Å². The van der Waals surface area contributed by atoms with Crippen LogP contribution in [0.3, 0.4) is 0 Å². The molecule has 0 saturated heterocycles. The average Bonchev–Trinajstić information content (AvgIpc) is 2.74. The lowest BCUT2D eigenvalue weighted by atomic mass is 9.96. The summed E-state index contributed by atoms with van der Waals surface area (Å²) in [7, 11) is 1.57. The van der Waals surface area contributed by atoms with Gasteiger partial charge in [0.2, 0.25) is 5.60 Å². The highest BCUT2D eigenvalue weighted by Crippen LogP contribution is 2.26. The first-order valence-electron chi connectivity index (χ1n) is 9.31. The van der Waals surface area contributed by atoms with Crippen LogP contribution in [0.4, 0.5) is 0 Å². The summed E-state index contributed by atoms with van der Waals surface area (Å²) in [6.07, 6.45) is 0.216. The smallest absolute Gasteiger partial charge is 0.348 e. The number of carbonyl (C=O) groups is 1. The normalized spacial score (nSPS) is 12.6. The average molecular weight is 392 g/mol. The van der Waals surface area contributed by atoms with Gasteiger partial charge in [-0.2, -0.15) is 0 Å². The van der Waals surface area contributed by atoms with Gasteiger partial charge in [-0.1, -0.05) is 42.5 Å². The molecule has 3 aromatic carbocycles. The highest BCUT2D eigenvalue weighted by molar-refractivity contribution is 5.78. The van der Waals surface area contributed by atoms with Crippen molar-refractivity contribution in [3.8, 4) is 17.2 Å². The van der Waals surface area contributed by atoms with Gasteiger partial charge < -0.3 is 19.3 Å². The molecule has 0 fully saturated rings. The van der Waals surface area contributed by atoms with E-state index in [-0.39, 0.29) is 6.42 Å². The molecule has 3 aromatic rings. The second kappa shape index (κ2) is 9.15. The quantitative estimate of drug-likeness (QED) is 0.570. The fraction of sp³-hybridized carbons (Fsp3) is 0.208. The molecule has 1 atom stereocenters. The van der Waals surface area contributed by atoms with Gasteiger partial charge in [0, 0.05) is 6.42 Å². The van der Waals surface area contributed by atoms with Crippen LogP contribution >= 0.6 is 0 Å². The Kier molecular flexibility index (Phi) is 6.39. The van der Waals surface area contributed by atoms with Gasteiger partial charge in [-0.05, 0) is 54.4 Å². The fourth-order valence-corrected chi connectivity index (χ4v) is 2.89. The van der Waals surface area contributed by atoms with Crippen molar-refractivity contribution in [3.05, 3.63) is 90.0 Å². The van der Waals surface area contributed by atoms with Crippen LogP contribution in [0.15, 0.2) is 78.9 Å². The number of hydrogen-bond acceptors (Lipinski definition) is 4. The molecule has 0 radical (unpaired) electrons. The molecule has 1 N–H and O–H groups in total. The third-order valence-electron chi connectivity index (χ3n) is 4.57. The number of carboxylic acid groups (broad SMARTS) is 1. The predicted molar refractivity (Wildman–Crippen MR) is 111 cm³/mol. The van der Waals surface area contributed by atoms with Gasteiger partial charge >= 0.3 is 5.97 Å². The second-order valence-electron chi connectivity index (χ2n) is 6.91. The number of methoxy groups -OCH3 is 1. The molecule has 0 aromatic heterocycles. The van der Waals surface area contributed by atoms with Crippen LogP contribution in [0.1, 0.15) is 18.1 Å². The number of aliphatic carboxylic acids is 1. The van der Waals surface area contributed by atoms with E-state index in [2.05, 4.69) is 0 Å². The predicted octanol–water partition coefficient (Wildman–Crippen LogP) is 4.74. The van der Waals surface area contributed by atoms with E-state index in [1.54, 1.807) is 38.3 Å². The number of rotatable bonds is 9. The Morgan fingerprint density at radius 2 is 1.41 bits per heavy atom. The topological polar surface area (TPSA) is 65.0 Å². The van der Waals surface area contributed by atoms with Gasteiger partial charge in [-0.15, -0.1) is 0 Å². The minimum atomic E-state index is -1.40. The molecule has 5 heteroatoms. The van der Waals surface area contributed by atoms with Crippen molar-refractivity contribution in [1.82, 2.24) is 0 Å². The molecule has 0 amide bonds. The number of hydrogen-bond donors (Lipinski definition) is 1. The Hall–Kier alpha value is -3.47. The molecule has 0 bridgehead atoms. The molecule has 0 saturated carbocycles. The van der Waals surface area contributed by atoms with Crippen LogP contribution in [0.25, 0.3) is 0 Å². The zero-order valence-electron chi connectivity index (χ0n) is 16.5. The molecule has 0 aliphatic rings. The van der Waals surface area contributed by atoms with Crippen LogP contribution < -0.4 is 14.2 Å². The number of benzene rings is 3. The van der Waals surface area contributed by atoms with E-state index < -0.39 is 11.6 Å². The molecule has 0 heterocycles. The van der Waals surface area contributed by atoms with Crippen molar-refractivity contribution in [2.24, 2.45) is 0 Å².